The molecule has 0 atom stereocenters. The standard InChI is InChI=1S/C7H16N2O2/c1-7(2,3)9-5-4-8-6(10)11/h8-9H,4-5H2,1-3H3,(H,10,11). The fourth-order valence-corrected chi connectivity index (χ4v) is 0.607. The van der Waals surface area contributed by atoms with Crippen molar-refractivity contribution in [3.63, 3.8) is 0 Å². The lowest BCUT2D eigenvalue weighted by molar-refractivity contribution is 0.194. The maximum absolute atomic E-state index is 9.98. The van der Waals surface area contributed by atoms with Crippen LogP contribution in [0.3, 0.4) is 0 Å². The van der Waals surface area contributed by atoms with Gasteiger partial charge in [-0.25, -0.2) is 4.79 Å². The number of hydrogen-bond acceptors (Lipinski definition) is 2. The Balaban J connectivity index is 3.22. The molecule has 0 saturated heterocycles. The Labute approximate surface area is 67.0 Å². The first kappa shape index (κ1) is 10.2. The summed E-state index contributed by atoms with van der Waals surface area (Å²) in [5.41, 5.74) is 0.0557. The monoisotopic (exact) mass is 160 g/mol. The van der Waals surface area contributed by atoms with Crippen LogP contribution in [0.15, 0.2) is 0 Å². The number of rotatable bonds is 3. The molecule has 0 spiro atoms. The van der Waals surface area contributed by atoms with Crippen molar-refractivity contribution in [3.8, 4) is 0 Å². The van der Waals surface area contributed by atoms with Gasteiger partial charge in [-0.3, -0.25) is 0 Å². The highest BCUT2D eigenvalue weighted by Gasteiger charge is 2.07. The third-order valence-electron chi connectivity index (χ3n) is 1.06. The molecule has 4 heteroatoms. The Morgan fingerprint density at radius 2 is 1.91 bits per heavy atom. The van der Waals surface area contributed by atoms with Crippen LogP contribution >= 0.6 is 0 Å². The Morgan fingerprint density at radius 1 is 1.36 bits per heavy atom. The van der Waals surface area contributed by atoms with Crippen LogP contribution in [-0.2, 0) is 0 Å². The van der Waals surface area contributed by atoms with E-state index in [9.17, 15) is 4.79 Å². The van der Waals surface area contributed by atoms with Gasteiger partial charge in [-0.15, -0.1) is 0 Å². The third kappa shape index (κ3) is 9.23. The second-order valence-electron chi connectivity index (χ2n) is 3.41. The maximum atomic E-state index is 9.98. The topological polar surface area (TPSA) is 61.4 Å². The smallest absolute Gasteiger partial charge is 0.404 e. The molecule has 0 heterocycles. The third-order valence-corrected chi connectivity index (χ3v) is 1.06. The molecule has 0 aliphatic heterocycles. The van der Waals surface area contributed by atoms with Gasteiger partial charge in [-0.05, 0) is 20.8 Å². The van der Waals surface area contributed by atoms with Crippen LogP contribution in [-0.4, -0.2) is 29.8 Å². The quantitative estimate of drug-likeness (QED) is 0.531. The average Bonchev–Trinajstić information content (AvgIpc) is 1.78. The van der Waals surface area contributed by atoms with Crippen molar-refractivity contribution in [2.24, 2.45) is 0 Å². The van der Waals surface area contributed by atoms with Gasteiger partial charge in [0.05, 0.1) is 0 Å². The zero-order valence-electron chi connectivity index (χ0n) is 7.27. The van der Waals surface area contributed by atoms with E-state index in [1.54, 1.807) is 0 Å². The summed E-state index contributed by atoms with van der Waals surface area (Å²) in [5.74, 6) is 0. The van der Waals surface area contributed by atoms with Gasteiger partial charge in [0.15, 0.2) is 0 Å². The minimum absolute atomic E-state index is 0.0557. The molecule has 1 amide bonds. The van der Waals surface area contributed by atoms with Gasteiger partial charge in [0.2, 0.25) is 0 Å². The highest BCUT2D eigenvalue weighted by Crippen LogP contribution is 1.95. The van der Waals surface area contributed by atoms with Gasteiger partial charge in [-0.1, -0.05) is 0 Å². The second-order valence-corrected chi connectivity index (χ2v) is 3.41. The van der Waals surface area contributed by atoms with Gasteiger partial charge in [0.25, 0.3) is 0 Å². The summed E-state index contributed by atoms with van der Waals surface area (Å²) in [6.45, 7) is 7.22. The molecular weight excluding hydrogens is 144 g/mol. The van der Waals surface area contributed by atoms with Crippen molar-refractivity contribution in [3.05, 3.63) is 0 Å². The number of nitrogens with one attached hydrogen (secondary N) is 2. The van der Waals surface area contributed by atoms with E-state index in [2.05, 4.69) is 10.6 Å². The summed E-state index contributed by atoms with van der Waals surface area (Å²) in [6.07, 6.45) is -0.972. The van der Waals surface area contributed by atoms with Crippen LogP contribution in [0.5, 0.6) is 0 Å². The summed E-state index contributed by atoms with van der Waals surface area (Å²) in [6, 6.07) is 0. The molecule has 0 radical (unpaired) electrons. The highest BCUT2D eigenvalue weighted by atomic mass is 16.4. The summed E-state index contributed by atoms with van der Waals surface area (Å²) in [4.78, 5) is 9.98. The van der Waals surface area contributed by atoms with Crippen LogP contribution in [0.4, 0.5) is 4.79 Å². The van der Waals surface area contributed by atoms with Gasteiger partial charge in [0.1, 0.15) is 0 Å². The number of carbonyl (C=O) groups is 1. The van der Waals surface area contributed by atoms with Crippen LogP contribution in [0.2, 0.25) is 0 Å². The predicted molar refractivity (Wildman–Crippen MR) is 43.8 cm³/mol. The van der Waals surface area contributed by atoms with Crippen molar-refractivity contribution in [1.82, 2.24) is 10.6 Å². The lowest BCUT2D eigenvalue weighted by Gasteiger charge is -2.20. The molecule has 0 fully saturated rings. The van der Waals surface area contributed by atoms with Gasteiger partial charge in [0, 0.05) is 18.6 Å². The summed E-state index contributed by atoms with van der Waals surface area (Å²) < 4.78 is 0. The lowest BCUT2D eigenvalue weighted by Crippen LogP contribution is -2.41. The molecule has 0 bridgehead atoms. The normalized spacial score (nSPS) is 11.2. The molecule has 0 saturated carbocycles. The van der Waals surface area contributed by atoms with Crippen molar-refractivity contribution in [2.75, 3.05) is 13.1 Å². The van der Waals surface area contributed by atoms with Crippen molar-refractivity contribution in [2.45, 2.75) is 26.3 Å². The molecule has 0 rings (SSSR count). The molecular formula is C7H16N2O2. The molecule has 0 unspecified atom stereocenters. The Bertz CT molecular complexity index is 129. The van der Waals surface area contributed by atoms with E-state index in [0.717, 1.165) is 0 Å². The first-order valence-corrected chi connectivity index (χ1v) is 3.63. The molecule has 0 aliphatic carbocycles. The molecule has 11 heavy (non-hydrogen) atoms. The fraction of sp³-hybridized carbons (Fsp3) is 0.857. The number of amides is 1. The van der Waals surface area contributed by atoms with Gasteiger partial charge >= 0.3 is 6.09 Å². The van der Waals surface area contributed by atoms with E-state index in [4.69, 9.17) is 5.11 Å². The summed E-state index contributed by atoms with van der Waals surface area (Å²) in [5, 5.41) is 13.6. The SMILES string of the molecule is CC(C)(C)NCCNC(=O)O. The van der Waals surface area contributed by atoms with Crippen LogP contribution in [0.25, 0.3) is 0 Å². The Morgan fingerprint density at radius 3 is 2.27 bits per heavy atom. The molecule has 3 N–H and O–H groups in total. The molecule has 4 nitrogen and oxygen atoms in total. The number of carboxylic acid groups (broad SMARTS) is 1. The van der Waals surface area contributed by atoms with E-state index in [1.165, 1.54) is 0 Å². The second kappa shape index (κ2) is 4.18. The summed E-state index contributed by atoms with van der Waals surface area (Å²) in [7, 11) is 0. The molecule has 0 aromatic carbocycles. The zero-order chi connectivity index (χ0) is 8.91. The van der Waals surface area contributed by atoms with Crippen LogP contribution < -0.4 is 10.6 Å². The molecule has 66 valence electrons. The van der Waals surface area contributed by atoms with Crippen molar-refractivity contribution in [1.29, 1.82) is 0 Å². The minimum Gasteiger partial charge on any atom is -0.465 e. The molecule has 0 aliphatic rings. The van der Waals surface area contributed by atoms with Gasteiger partial charge in [-0.2, -0.15) is 0 Å². The van der Waals surface area contributed by atoms with E-state index in [-0.39, 0.29) is 5.54 Å². The Hall–Kier alpha value is -0.770. The highest BCUT2D eigenvalue weighted by molar-refractivity contribution is 5.64. The minimum atomic E-state index is -0.972. The summed E-state index contributed by atoms with van der Waals surface area (Å²) >= 11 is 0. The zero-order valence-corrected chi connectivity index (χ0v) is 7.27. The van der Waals surface area contributed by atoms with E-state index >= 15 is 0 Å². The Kier molecular flexibility index (Phi) is 3.89. The van der Waals surface area contributed by atoms with E-state index < -0.39 is 6.09 Å². The first-order valence-electron chi connectivity index (χ1n) is 3.63. The lowest BCUT2D eigenvalue weighted by atomic mass is 10.1. The van der Waals surface area contributed by atoms with Crippen LogP contribution in [0, 0.1) is 0 Å². The van der Waals surface area contributed by atoms with Crippen molar-refractivity contribution < 1.29 is 9.90 Å². The van der Waals surface area contributed by atoms with E-state index in [0.29, 0.717) is 13.1 Å². The molecule has 0 aromatic heterocycles. The number of hydrogen-bond donors (Lipinski definition) is 3. The molecule has 0 aromatic rings. The first-order chi connectivity index (χ1) is 4.92. The van der Waals surface area contributed by atoms with E-state index in [1.807, 2.05) is 20.8 Å². The maximum Gasteiger partial charge on any atom is 0.404 e. The average molecular weight is 160 g/mol. The van der Waals surface area contributed by atoms with Crippen LogP contribution in [0.1, 0.15) is 20.8 Å². The largest absolute Gasteiger partial charge is 0.465 e. The van der Waals surface area contributed by atoms with Crippen molar-refractivity contribution >= 4 is 6.09 Å². The van der Waals surface area contributed by atoms with Gasteiger partial charge < -0.3 is 15.7 Å². The fourth-order valence-electron chi connectivity index (χ4n) is 0.607. The predicted octanol–water partition coefficient (Wildman–Crippen LogP) is 0.642.